The topological polar surface area (TPSA) is 0 Å². The second-order valence-corrected chi connectivity index (χ2v) is 0.707. The van der Waals surface area contributed by atoms with Crippen molar-refractivity contribution in [1.29, 1.82) is 0 Å². The van der Waals surface area contributed by atoms with E-state index < -0.39 is 0 Å². The summed E-state index contributed by atoms with van der Waals surface area (Å²) >= 11 is 0. The summed E-state index contributed by atoms with van der Waals surface area (Å²) in [7, 11) is 6.33. The monoisotopic (exact) mass is 176 g/mol. The zero-order chi connectivity index (χ0) is 6.71. The van der Waals surface area contributed by atoms with Crippen LogP contribution in [0.15, 0.2) is 0 Å². The molecule has 0 rings (SSSR count). The van der Waals surface area contributed by atoms with Crippen LogP contribution in [0.1, 0.15) is 34.1 Å². The van der Waals surface area contributed by atoms with Gasteiger partial charge in [0.25, 0.3) is 0 Å². The van der Waals surface area contributed by atoms with Gasteiger partial charge in [-0.25, -0.2) is 0 Å². The molecule has 0 N–H and O–H groups in total. The zero-order valence-corrected chi connectivity index (χ0v) is 11.5. The molecule has 0 aliphatic carbocycles. The molecule has 0 amide bonds. The van der Waals surface area contributed by atoms with E-state index >= 15 is 0 Å². The summed E-state index contributed by atoms with van der Waals surface area (Å²) in [6.45, 7) is 8.25. The van der Waals surface area contributed by atoms with Gasteiger partial charge < -0.3 is 4.70 Å². The summed E-state index contributed by atoms with van der Waals surface area (Å²) in [5, 5.41) is 0. The van der Waals surface area contributed by atoms with Crippen LogP contribution in [-0.2, 0) is 0 Å². The van der Waals surface area contributed by atoms with E-state index in [1.54, 1.807) is 0 Å². The molecule has 0 spiro atoms. The first-order valence-corrected chi connectivity index (χ1v) is 3.41. The van der Waals surface area contributed by atoms with Crippen molar-refractivity contribution in [3.63, 3.8) is 0 Å². The Hall–Kier alpha value is 2.06. The fourth-order valence-corrected chi connectivity index (χ4v) is 0. The Morgan fingerprint density at radius 3 is 1.11 bits per heavy atom. The third-order valence-electron chi connectivity index (χ3n) is 0. The second-order valence-electron chi connectivity index (χ2n) is 0.707. The molecular formula is C5H16BFKP. The van der Waals surface area contributed by atoms with E-state index in [1.807, 2.05) is 23.0 Å². The smallest absolute Gasteiger partial charge is 1.00 e. The third-order valence-corrected chi connectivity index (χ3v) is 0. The van der Waals surface area contributed by atoms with Crippen molar-refractivity contribution < 1.29 is 56.1 Å². The standard InChI is InChI=1S/C3H8.C2H6.BH2P.FH.K/c1-3-2;2*1-2;;/h3H2,1-2H3;1-2H3;2H2;1H;/q;;;;+1/p-1. The van der Waals surface area contributed by atoms with E-state index in [1.165, 1.54) is 6.42 Å². The van der Waals surface area contributed by atoms with Gasteiger partial charge in [0.05, 0.1) is 7.57 Å². The average molecular weight is 176 g/mol. The normalized spacial score (nSPS) is 3.22. The predicted octanol–water partition coefficient (Wildman–Crippen LogP) is -3.60. The predicted molar refractivity (Wildman–Crippen MR) is 42.8 cm³/mol. The molecule has 0 aliphatic heterocycles. The first-order valence-electron chi connectivity index (χ1n) is 2.75. The van der Waals surface area contributed by atoms with Gasteiger partial charge in [0.2, 0.25) is 0 Å². The summed E-state index contributed by atoms with van der Waals surface area (Å²) in [6.07, 6.45) is 1.25. The van der Waals surface area contributed by atoms with Crippen molar-refractivity contribution in [1.82, 2.24) is 0 Å². The molecule has 0 aliphatic rings. The SMILES string of the molecule is CC.CCC.[B]P.[F-].[K+]. The molecule has 0 aromatic heterocycles. The van der Waals surface area contributed by atoms with Crippen LogP contribution in [-0.4, -0.2) is 7.57 Å². The Morgan fingerprint density at radius 2 is 1.11 bits per heavy atom. The minimum absolute atomic E-state index is 0. The Bertz CT molecular complexity index is 16.9. The molecule has 0 fully saturated rings. The first kappa shape index (κ1) is 30.5. The summed E-state index contributed by atoms with van der Waals surface area (Å²) < 4.78 is 0. The van der Waals surface area contributed by atoms with Gasteiger partial charge in [-0.05, 0) is 0 Å². The van der Waals surface area contributed by atoms with E-state index in [0.717, 1.165) is 0 Å². The molecule has 2 radical (unpaired) electrons. The molecule has 4 heteroatoms. The van der Waals surface area contributed by atoms with Crippen LogP contribution in [0.5, 0.6) is 0 Å². The molecule has 52 valence electrons. The van der Waals surface area contributed by atoms with Crippen molar-refractivity contribution in [3.8, 4) is 0 Å². The molecule has 0 aromatic rings. The van der Waals surface area contributed by atoms with Gasteiger partial charge in [-0.2, -0.15) is 9.12 Å². The first-order chi connectivity index (χ1) is 3.41. The maximum atomic E-state index is 4.42. The summed E-state index contributed by atoms with van der Waals surface area (Å²) in [4.78, 5) is 0. The fourth-order valence-electron chi connectivity index (χ4n) is 0. The van der Waals surface area contributed by atoms with Gasteiger partial charge in [0.1, 0.15) is 0 Å². The van der Waals surface area contributed by atoms with Crippen LogP contribution >= 0.6 is 9.12 Å². The Morgan fingerprint density at radius 1 is 1.11 bits per heavy atom. The van der Waals surface area contributed by atoms with E-state index in [2.05, 4.69) is 21.4 Å². The molecule has 0 nitrogen and oxygen atoms in total. The summed E-state index contributed by atoms with van der Waals surface area (Å²) in [5.41, 5.74) is 0. The fraction of sp³-hybridized carbons (Fsp3) is 1.00. The van der Waals surface area contributed by atoms with Gasteiger partial charge in [-0.1, -0.05) is 34.1 Å². The van der Waals surface area contributed by atoms with Crippen LogP contribution < -0.4 is 56.1 Å². The molecule has 0 heterocycles. The van der Waals surface area contributed by atoms with Crippen LogP contribution in [0, 0.1) is 0 Å². The van der Waals surface area contributed by atoms with Gasteiger partial charge in [0, 0.05) is 0 Å². The molecule has 0 aromatic carbocycles. The van der Waals surface area contributed by atoms with Crippen LogP contribution in [0.4, 0.5) is 0 Å². The quantitative estimate of drug-likeness (QED) is 0.264. The Kier molecular flexibility index (Phi) is 299. The number of hydrogen-bond donors (Lipinski definition) is 0. The van der Waals surface area contributed by atoms with Crippen molar-refractivity contribution in [2.24, 2.45) is 0 Å². The molecule has 0 saturated heterocycles. The minimum Gasteiger partial charge on any atom is -1.00 e. The Balaban J connectivity index is -0.00000000825. The van der Waals surface area contributed by atoms with Crippen LogP contribution in [0.2, 0.25) is 0 Å². The van der Waals surface area contributed by atoms with Gasteiger partial charge in [0.15, 0.2) is 0 Å². The van der Waals surface area contributed by atoms with Gasteiger partial charge in [-0.3, -0.25) is 0 Å². The van der Waals surface area contributed by atoms with Crippen molar-refractivity contribution in [3.05, 3.63) is 0 Å². The van der Waals surface area contributed by atoms with Crippen LogP contribution in [0.3, 0.4) is 0 Å². The van der Waals surface area contributed by atoms with E-state index in [-0.39, 0.29) is 56.1 Å². The molecule has 0 bridgehead atoms. The minimum atomic E-state index is 0. The Labute approximate surface area is 105 Å². The maximum absolute atomic E-state index is 4.42. The van der Waals surface area contributed by atoms with Gasteiger partial charge in [-0.15, -0.1) is 0 Å². The number of hydrogen-bond acceptors (Lipinski definition) is 0. The number of rotatable bonds is 0. The molecule has 1 unspecified atom stereocenters. The van der Waals surface area contributed by atoms with Crippen molar-refractivity contribution in [2.75, 3.05) is 0 Å². The van der Waals surface area contributed by atoms with Crippen molar-refractivity contribution in [2.45, 2.75) is 34.1 Å². The van der Waals surface area contributed by atoms with E-state index in [9.17, 15) is 0 Å². The molecular weight excluding hydrogens is 160 g/mol. The van der Waals surface area contributed by atoms with Gasteiger partial charge >= 0.3 is 51.4 Å². The van der Waals surface area contributed by atoms with E-state index in [4.69, 9.17) is 0 Å². The molecule has 1 atom stereocenters. The third kappa shape index (κ3) is 154. The van der Waals surface area contributed by atoms with E-state index in [0.29, 0.717) is 0 Å². The molecule has 9 heavy (non-hydrogen) atoms. The second kappa shape index (κ2) is 88.2. The van der Waals surface area contributed by atoms with Crippen molar-refractivity contribution >= 4 is 16.7 Å². The zero-order valence-electron chi connectivity index (χ0n) is 7.24. The summed E-state index contributed by atoms with van der Waals surface area (Å²) in [5.74, 6) is 0. The number of halogens is 1. The van der Waals surface area contributed by atoms with Crippen LogP contribution in [0.25, 0.3) is 0 Å². The largest absolute Gasteiger partial charge is 1.00 e. The molecule has 0 saturated carbocycles. The maximum Gasteiger partial charge on any atom is 1.00 e. The average Bonchev–Trinajstić information content (AvgIpc) is 1.78. The summed E-state index contributed by atoms with van der Waals surface area (Å²) in [6, 6.07) is 0.